The van der Waals surface area contributed by atoms with Gasteiger partial charge in [-0.2, -0.15) is 5.26 Å². The van der Waals surface area contributed by atoms with Crippen molar-refractivity contribution in [3.8, 4) is 5.40 Å². The molecule has 0 aromatic heterocycles. The molecule has 0 aliphatic carbocycles. The Balaban J connectivity index is 3.38. The van der Waals surface area contributed by atoms with Crippen LogP contribution in [0.4, 0.5) is 0 Å². The lowest BCUT2D eigenvalue weighted by atomic mass is 10.1. The number of nitrogens with zero attached hydrogens (tertiary/aromatic N) is 1. The van der Waals surface area contributed by atoms with Crippen LogP contribution in [0.5, 0.6) is 0 Å². The average molecular weight is 306 g/mol. The lowest BCUT2D eigenvalue weighted by molar-refractivity contribution is 0.122. The Morgan fingerprint density at radius 3 is 1.79 bits per heavy atom. The van der Waals surface area contributed by atoms with Crippen LogP contribution in [-0.2, 0) is 13.3 Å². The van der Waals surface area contributed by atoms with Crippen molar-refractivity contribution in [1.82, 2.24) is 0 Å². The zero-order valence-corrected chi connectivity index (χ0v) is 14.3. The highest BCUT2D eigenvalue weighted by Gasteiger charge is 2.36. The quantitative estimate of drug-likeness (QED) is 0.294. The van der Waals surface area contributed by atoms with Gasteiger partial charge in [0.25, 0.3) is 0 Å². The summed E-state index contributed by atoms with van der Waals surface area (Å²) in [5, 5.41) is 10.5. The molecule has 0 bridgehead atoms. The Morgan fingerprint density at radius 2 is 1.32 bits per heavy atom. The van der Waals surface area contributed by atoms with Gasteiger partial charge in [0.1, 0.15) is 5.40 Å². The zero-order valence-electron chi connectivity index (χ0n) is 12.4. The van der Waals surface area contributed by atoms with Crippen LogP contribution in [0.15, 0.2) is 0 Å². The summed E-state index contributed by atoms with van der Waals surface area (Å²) in [6.45, 7) is 0. The molecule has 0 unspecified atom stereocenters. The molecule has 0 heterocycles. The van der Waals surface area contributed by atoms with Gasteiger partial charge in [-0.25, -0.2) is 0 Å². The van der Waals surface area contributed by atoms with E-state index in [2.05, 4.69) is 5.40 Å². The van der Waals surface area contributed by atoms with Crippen molar-refractivity contribution in [1.29, 1.82) is 5.26 Å². The molecule has 0 aliphatic rings. The number of rotatable bonds is 13. The second-order valence-electron chi connectivity index (χ2n) is 4.46. The van der Waals surface area contributed by atoms with Crippen molar-refractivity contribution in [2.45, 2.75) is 51.0 Å². The SMILES string of the molecule is CO[Si](CCCCCCCCCSC#N)(OC)OC. The van der Waals surface area contributed by atoms with Gasteiger partial charge in [0, 0.05) is 33.1 Å². The number of thiocyanates is 1. The minimum Gasteiger partial charge on any atom is -0.377 e. The molecule has 0 saturated carbocycles. The first-order valence-electron chi connectivity index (χ1n) is 6.91. The van der Waals surface area contributed by atoms with Crippen LogP contribution < -0.4 is 0 Å². The Hall–Kier alpha value is -0.0631. The topological polar surface area (TPSA) is 51.5 Å². The number of thioether (sulfide) groups is 1. The van der Waals surface area contributed by atoms with Gasteiger partial charge in [-0.3, -0.25) is 0 Å². The van der Waals surface area contributed by atoms with Gasteiger partial charge in [0.2, 0.25) is 0 Å². The predicted octanol–water partition coefficient (Wildman–Crippen LogP) is 3.81. The second-order valence-corrected chi connectivity index (χ2v) is 8.43. The fourth-order valence-corrected chi connectivity index (χ4v) is 4.24. The van der Waals surface area contributed by atoms with Gasteiger partial charge in [-0.1, -0.05) is 32.1 Å². The summed E-state index contributed by atoms with van der Waals surface area (Å²) in [5.74, 6) is 0.972. The molecule has 0 aromatic rings. The summed E-state index contributed by atoms with van der Waals surface area (Å²) in [6.07, 6.45) is 8.51. The molecule has 0 N–H and O–H groups in total. The Bertz CT molecular complexity index is 236. The molecule has 0 rings (SSSR count). The summed E-state index contributed by atoms with van der Waals surface area (Å²) in [4.78, 5) is 0. The first-order chi connectivity index (χ1) is 9.24. The first kappa shape index (κ1) is 18.9. The highest BCUT2D eigenvalue weighted by Crippen LogP contribution is 2.18. The summed E-state index contributed by atoms with van der Waals surface area (Å²) < 4.78 is 16.2. The molecule has 4 nitrogen and oxygen atoms in total. The zero-order chi connectivity index (χ0) is 14.4. The van der Waals surface area contributed by atoms with Crippen molar-refractivity contribution < 1.29 is 13.3 Å². The van der Waals surface area contributed by atoms with Gasteiger partial charge in [-0.05, 0) is 24.6 Å². The van der Waals surface area contributed by atoms with Gasteiger partial charge in [0.05, 0.1) is 0 Å². The van der Waals surface area contributed by atoms with Gasteiger partial charge >= 0.3 is 8.80 Å². The number of hydrogen-bond acceptors (Lipinski definition) is 5. The summed E-state index contributed by atoms with van der Waals surface area (Å²) >= 11 is 1.36. The molecule has 6 heteroatoms. The van der Waals surface area contributed by atoms with E-state index in [9.17, 15) is 0 Å². The maximum Gasteiger partial charge on any atom is 0.500 e. The first-order valence-corrected chi connectivity index (χ1v) is 9.82. The van der Waals surface area contributed by atoms with Crippen LogP contribution in [0.3, 0.4) is 0 Å². The minimum absolute atomic E-state index is 0.898. The summed E-state index contributed by atoms with van der Waals surface area (Å²) in [5.41, 5.74) is 0. The highest BCUT2D eigenvalue weighted by molar-refractivity contribution is 8.03. The fraction of sp³-hybridized carbons (Fsp3) is 0.923. The maximum atomic E-state index is 8.38. The molecule has 0 amide bonds. The molecule has 0 spiro atoms. The highest BCUT2D eigenvalue weighted by atomic mass is 32.2. The minimum atomic E-state index is -2.34. The molecule has 0 aromatic carbocycles. The van der Waals surface area contributed by atoms with E-state index >= 15 is 0 Å². The van der Waals surface area contributed by atoms with Crippen LogP contribution in [-0.4, -0.2) is 35.9 Å². The van der Waals surface area contributed by atoms with Crippen molar-refractivity contribution in [2.75, 3.05) is 27.1 Å². The van der Waals surface area contributed by atoms with E-state index in [1.165, 1.54) is 43.9 Å². The Morgan fingerprint density at radius 1 is 0.842 bits per heavy atom. The van der Waals surface area contributed by atoms with E-state index in [1.807, 2.05) is 0 Å². The number of nitriles is 1. The molecule has 19 heavy (non-hydrogen) atoms. The van der Waals surface area contributed by atoms with E-state index in [-0.39, 0.29) is 0 Å². The lowest BCUT2D eigenvalue weighted by Crippen LogP contribution is -2.42. The van der Waals surface area contributed by atoms with Crippen LogP contribution >= 0.6 is 11.8 Å². The largest absolute Gasteiger partial charge is 0.500 e. The lowest BCUT2D eigenvalue weighted by Gasteiger charge is -2.24. The molecule has 0 aliphatic heterocycles. The molecule has 0 radical (unpaired) electrons. The van der Waals surface area contributed by atoms with Crippen molar-refractivity contribution >= 4 is 20.6 Å². The number of hydrogen-bond donors (Lipinski definition) is 0. The van der Waals surface area contributed by atoms with Crippen LogP contribution in [0, 0.1) is 10.7 Å². The van der Waals surface area contributed by atoms with E-state index < -0.39 is 8.80 Å². The molecular weight excluding hydrogens is 278 g/mol. The molecule has 0 atom stereocenters. The number of unbranched alkanes of at least 4 members (excludes halogenated alkanes) is 6. The maximum absolute atomic E-state index is 8.38. The second kappa shape index (κ2) is 12.9. The van der Waals surface area contributed by atoms with Gasteiger partial charge in [0.15, 0.2) is 0 Å². The third-order valence-electron chi connectivity index (χ3n) is 3.23. The molecule has 112 valence electrons. The Kier molecular flexibility index (Phi) is 12.9. The van der Waals surface area contributed by atoms with Crippen molar-refractivity contribution in [2.24, 2.45) is 0 Å². The van der Waals surface area contributed by atoms with Crippen LogP contribution in [0.2, 0.25) is 6.04 Å². The smallest absolute Gasteiger partial charge is 0.377 e. The van der Waals surface area contributed by atoms with Crippen molar-refractivity contribution in [3.63, 3.8) is 0 Å². The van der Waals surface area contributed by atoms with Gasteiger partial charge < -0.3 is 13.3 Å². The summed E-state index contributed by atoms with van der Waals surface area (Å²) in [6, 6.07) is 0.898. The van der Waals surface area contributed by atoms with E-state index in [1.54, 1.807) is 21.3 Å². The Labute approximate surface area is 123 Å². The third-order valence-corrected chi connectivity index (χ3v) is 6.68. The summed E-state index contributed by atoms with van der Waals surface area (Å²) in [7, 11) is 2.65. The van der Waals surface area contributed by atoms with Crippen LogP contribution in [0.25, 0.3) is 0 Å². The third kappa shape index (κ3) is 9.47. The standard InChI is InChI=1S/C13H27NO3SSi/c1-15-19(16-2,17-3)12-10-8-6-4-5-7-9-11-18-13-14/h4-12H2,1-3H3. The average Bonchev–Trinajstić information content (AvgIpc) is 2.46. The monoisotopic (exact) mass is 305 g/mol. The molecule has 0 fully saturated rings. The van der Waals surface area contributed by atoms with E-state index in [0.717, 1.165) is 24.6 Å². The van der Waals surface area contributed by atoms with E-state index in [4.69, 9.17) is 18.5 Å². The fourth-order valence-electron chi connectivity index (χ4n) is 2.00. The normalized spacial score (nSPS) is 11.5. The van der Waals surface area contributed by atoms with Crippen LogP contribution in [0.1, 0.15) is 44.9 Å². The van der Waals surface area contributed by atoms with Crippen molar-refractivity contribution in [3.05, 3.63) is 0 Å². The van der Waals surface area contributed by atoms with Gasteiger partial charge in [-0.15, -0.1) is 0 Å². The predicted molar refractivity (Wildman–Crippen MR) is 82.0 cm³/mol. The molecule has 0 saturated heterocycles. The molecular formula is C13H27NO3SSi. The van der Waals surface area contributed by atoms with E-state index in [0.29, 0.717) is 0 Å².